The molecule has 0 unspecified atom stereocenters. The van der Waals surface area contributed by atoms with E-state index in [9.17, 15) is 4.79 Å². The fourth-order valence-corrected chi connectivity index (χ4v) is 3.29. The minimum Gasteiger partial charge on any atom is -0.340 e. The van der Waals surface area contributed by atoms with Crippen molar-refractivity contribution in [3.63, 3.8) is 0 Å². The molecule has 0 atom stereocenters. The minimum absolute atomic E-state index is 0.0430. The molecule has 2 rings (SSSR count). The summed E-state index contributed by atoms with van der Waals surface area (Å²) in [5.41, 5.74) is 6.06. The van der Waals surface area contributed by atoms with Crippen molar-refractivity contribution in [1.29, 1.82) is 0 Å². The molecular weight excluding hydrogens is 246 g/mol. The SMILES string of the molecule is CN(CC1CCCC1)C(=O)c1csc(CCN)n1. The summed E-state index contributed by atoms with van der Waals surface area (Å²) in [5, 5.41) is 2.80. The van der Waals surface area contributed by atoms with Crippen molar-refractivity contribution in [2.45, 2.75) is 32.1 Å². The zero-order valence-electron chi connectivity index (χ0n) is 10.9. The smallest absolute Gasteiger partial charge is 0.273 e. The fraction of sp³-hybridized carbons (Fsp3) is 0.692. The van der Waals surface area contributed by atoms with Crippen LogP contribution in [0.3, 0.4) is 0 Å². The maximum Gasteiger partial charge on any atom is 0.273 e. The van der Waals surface area contributed by atoms with Gasteiger partial charge in [0.05, 0.1) is 5.01 Å². The molecule has 4 nitrogen and oxygen atoms in total. The van der Waals surface area contributed by atoms with E-state index >= 15 is 0 Å². The van der Waals surface area contributed by atoms with Crippen LogP contribution in [0.5, 0.6) is 0 Å². The van der Waals surface area contributed by atoms with Gasteiger partial charge in [0.15, 0.2) is 0 Å². The highest BCUT2D eigenvalue weighted by Crippen LogP contribution is 2.25. The van der Waals surface area contributed by atoms with Crippen LogP contribution in [0.4, 0.5) is 0 Å². The monoisotopic (exact) mass is 267 g/mol. The van der Waals surface area contributed by atoms with Crippen molar-refractivity contribution >= 4 is 17.2 Å². The molecule has 0 bridgehead atoms. The number of carbonyl (C=O) groups is 1. The second-order valence-corrected chi connectivity index (χ2v) is 5.94. The summed E-state index contributed by atoms with van der Waals surface area (Å²) in [6.45, 7) is 1.45. The summed E-state index contributed by atoms with van der Waals surface area (Å²) in [5.74, 6) is 0.725. The first-order valence-electron chi connectivity index (χ1n) is 6.60. The predicted molar refractivity (Wildman–Crippen MR) is 73.8 cm³/mol. The van der Waals surface area contributed by atoms with E-state index in [0.717, 1.165) is 18.0 Å². The topological polar surface area (TPSA) is 59.2 Å². The van der Waals surface area contributed by atoms with E-state index in [1.807, 2.05) is 17.3 Å². The molecule has 0 saturated heterocycles. The van der Waals surface area contributed by atoms with E-state index < -0.39 is 0 Å². The summed E-state index contributed by atoms with van der Waals surface area (Å²) < 4.78 is 0. The van der Waals surface area contributed by atoms with Gasteiger partial charge in [-0.2, -0.15) is 0 Å². The Hall–Kier alpha value is -0.940. The Bertz CT molecular complexity index is 399. The lowest BCUT2D eigenvalue weighted by molar-refractivity contribution is 0.0768. The van der Waals surface area contributed by atoms with Crippen LogP contribution in [0.2, 0.25) is 0 Å². The van der Waals surface area contributed by atoms with Gasteiger partial charge >= 0.3 is 0 Å². The van der Waals surface area contributed by atoms with E-state index in [-0.39, 0.29) is 5.91 Å². The van der Waals surface area contributed by atoms with Crippen LogP contribution >= 0.6 is 11.3 Å². The normalized spacial score (nSPS) is 16.1. The van der Waals surface area contributed by atoms with Crippen molar-refractivity contribution in [1.82, 2.24) is 9.88 Å². The number of hydrogen-bond acceptors (Lipinski definition) is 4. The van der Waals surface area contributed by atoms with E-state index in [1.165, 1.54) is 37.0 Å². The molecule has 0 aliphatic heterocycles. The van der Waals surface area contributed by atoms with Crippen LogP contribution in [0.1, 0.15) is 41.2 Å². The van der Waals surface area contributed by atoms with E-state index in [2.05, 4.69) is 4.98 Å². The Morgan fingerprint density at radius 3 is 2.94 bits per heavy atom. The summed E-state index contributed by atoms with van der Waals surface area (Å²) >= 11 is 1.52. The number of aromatic nitrogens is 1. The molecule has 1 amide bonds. The quantitative estimate of drug-likeness (QED) is 0.886. The van der Waals surface area contributed by atoms with E-state index in [0.29, 0.717) is 18.2 Å². The van der Waals surface area contributed by atoms with Gasteiger partial charge in [-0.1, -0.05) is 12.8 Å². The highest BCUT2D eigenvalue weighted by molar-refractivity contribution is 7.09. The van der Waals surface area contributed by atoms with Crippen molar-refractivity contribution in [3.05, 3.63) is 16.1 Å². The molecule has 1 aromatic rings. The van der Waals surface area contributed by atoms with Gasteiger partial charge in [-0.3, -0.25) is 4.79 Å². The number of nitrogens with two attached hydrogens (primary N) is 1. The molecular formula is C13H21N3OS. The molecule has 1 heterocycles. The molecule has 0 spiro atoms. The maximum atomic E-state index is 12.2. The van der Waals surface area contributed by atoms with Crippen LogP contribution in [0.15, 0.2) is 5.38 Å². The molecule has 0 aromatic carbocycles. The largest absolute Gasteiger partial charge is 0.340 e. The lowest BCUT2D eigenvalue weighted by Crippen LogP contribution is -2.31. The van der Waals surface area contributed by atoms with Gasteiger partial charge in [-0.05, 0) is 25.3 Å². The number of thiazole rings is 1. The Morgan fingerprint density at radius 1 is 1.56 bits per heavy atom. The highest BCUT2D eigenvalue weighted by Gasteiger charge is 2.21. The van der Waals surface area contributed by atoms with Gasteiger partial charge in [-0.15, -0.1) is 11.3 Å². The molecule has 1 saturated carbocycles. The molecule has 2 N–H and O–H groups in total. The average Bonchev–Trinajstić information content (AvgIpc) is 3.00. The Kier molecular flexibility index (Phi) is 4.72. The molecule has 100 valence electrons. The minimum atomic E-state index is 0.0430. The summed E-state index contributed by atoms with van der Waals surface area (Å²) in [6, 6.07) is 0. The molecule has 0 radical (unpaired) electrons. The van der Waals surface area contributed by atoms with Gasteiger partial charge in [0.25, 0.3) is 5.91 Å². The number of nitrogens with zero attached hydrogens (tertiary/aromatic N) is 2. The zero-order valence-corrected chi connectivity index (χ0v) is 11.7. The number of hydrogen-bond donors (Lipinski definition) is 1. The fourth-order valence-electron chi connectivity index (χ4n) is 2.51. The average molecular weight is 267 g/mol. The number of amides is 1. The Balaban J connectivity index is 1.91. The van der Waals surface area contributed by atoms with Gasteiger partial charge in [-0.25, -0.2) is 4.98 Å². The van der Waals surface area contributed by atoms with Gasteiger partial charge in [0.1, 0.15) is 5.69 Å². The summed E-state index contributed by atoms with van der Waals surface area (Å²) in [6.07, 6.45) is 5.89. The maximum absolute atomic E-state index is 12.2. The molecule has 1 aliphatic carbocycles. The lowest BCUT2D eigenvalue weighted by atomic mass is 10.1. The van der Waals surface area contributed by atoms with E-state index in [1.54, 1.807) is 0 Å². The standard InChI is InChI=1S/C13H21N3OS/c1-16(8-10-4-2-3-5-10)13(17)11-9-18-12(15-11)6-7-14/h9-10H,2-8,14H2,1H3. The number of carbonyl (C=O) groups excluding carboxylic acids is 1. The Morgan fingerprint density at radius 2 is 2.28 bits per heavy atom. The van der Waals surface area contributed by atoms with Crippen molar-refractivity contribution in [3.8, 4) is 0 Å². The van der Waals surface area contributed by atoms with Crippen molar-refractivity contribution in [2.75, 3.05) is 20.1 Å². The highest BCUT2D eigenvalue weighted by atomic mass is 32.1. The first-order valence-corrected chi connectivity index (χ1v) is 7.48. The second kappa shape index (κ2) is 6.29. The first kappa shape index (κ1) is 13.5. The zero-order chi connectivity index (χ0) is 13.0. The molecule has 18 heavy (non-hydrogen) atoms. The van der Waals surface area contributed by atoms with E-state index in [4.69, 9.17) is 5.73 Å². The molecule has 5 heteroatoms. The number of rotatable bonds is 5. The molecule has 1 aliphatic rings. The second-order valence-electron chi connectivity index (χ2n) is 5.00. The van der Waals surface area contributed by atoms with Crippen molar-refractivity contribution < 1.29 is 4.79 Å². The third-order valence-electron chi connectivity index (χ3n) is 3.48. The van der Waals surface area contributed by atoms with Gasteiger partial charge in [0.2, 0.25) is 0 Å². The molecule has 1 aromatic heterocycles. The van der Waals surface area contributed by atoms with Crippen LogP contribution in [0, 0.1) is 5.92 Å². The summed E-state index contributed by atoms with van der Waals surface area (Å²) in [4.78, 5) is 18.3. The van der Waals surface area contributed by atoms with Gasteiger partial charge < -0.3 is 10.6 Å². The summed E-state index contributed by atoms with van der Waals surface area (Å²) in [7, 11) is 1.88. The molecule has 1 fully saturated rings. The van der Waals surface area contributed by atoms with Crippen molar-refractivity contribution in [2.24, 2.45) is 11.7 Å². The van der Waals surface area contributed by atoms with Crippen LogP contribution in [-0.2, 0) is 6.42 Å². The lowest BCUT2D eigenvalue weighted by Gasteiger charge is -2.20. The van der Waals surface area contributed by atoms with Crippen LogP contribution in [-0.4, -0.2) is 35.9 Å². The third-order valence-corrected chi connectivity index (χ3v) is 4.39. The predicted octanol–water partition coefficient (Wildman–Crippen LogP) is 1.91. The Labute approximate surface area is 112 Å². The van der Waals surface area contributed by atoms with Crippen LogP contribution < -0.4 is 5.73 Å². The van der Waals surface area contributed by atoms with Crippen LogP contribution in [0.25, 0.3) is 0 Å². The third kappa shape index (κ3) is 3.29. The first-order chi connectivity index (χ1) is 8.70. The van der Waals surface area contributed by atoms with Gasteiger partial charge in [0, 0.05) is 25.4 Å².